The van der Waals surface area contributed by atoms with Crippen LogP contribution in [0.15, 0.2) is 36.5 Å². The first kappa shape index (κ1) is 15.5. The van der Waals surface area contributed by atoms with E-state index in [1.165, 1.54) is 24.0 Å². The summed E-state index contributed by atoms with van der Waals surface area (Å²) in [5.41, 5.74) is 4.80. The fraction of sp³-hybridized carbons (Fsp3) is 0.368. The summed E-state index contributed by atoms with van der Waals surface area (Å²) in [6, 6.07) is 10.3. The minimum absolute atomic E-state index is 0.0822. The van der Waals surface area contributed by atoms with Gasteiger partial charge in [0.15, 0.2) is 0 Å². The van der Waals surface area contributed by atoms with Gasteiger partial charge in [0.1, 0.15) is 5.69 Å². The van der Waals surface area contributed by atoms with E-state index in [1.54, 1.807) is 6.20 Å². The van der Waals surface area contributed by atoms with Crippen molar-refractivity contribution in [3.8, 4) is 0 Å². The molecule has 0 atom stereocenters. The predicted octanol–water partition coefficient (Wildman–Crippen LogP) is 4.11. The summed E-state index contributed by atoms with van der Waals surface area (Å²) in [5.74, 6) is -0.0822. The Morgan fingerprint density at radius 3 is 2.65 bits per heavy atom. The second-order valence-corrected chi connectivity index (χ2v) is 6.33. The number of rotatable bonds is 4. The summed E-state index contributed by atoms with van der Waals surface area (Å²) >= 11 is 0. The third-order valence-electron chi connectivity index (χ3n) is 4.34. The normalized spacial score (nSPS) is 14.7. The molecule has 1 aromatic carbocycles. The van der Waals surface area contributed by atoms with Crippen molar-refractivity contribution < 1.29 is 4.79 Å². The Hall–Kier alpha value is -2.36. The van der Waals surface area contributed by atoms with E-state index < -0.39 is 0 Å². The van der Waals surface area contributed by atoms with Gasteiger partial charge in [-0.2, -0.15) is 0 Å². The second kappa shape index (κ2) is 6.82. The zero-order valence-corrected chi connectivity index (χ0v) is 13.7. The van der Waals surface area contributed by atoms with Crippen molar-refractivity contribution in [3.05, 3.63) is 53.3 Å². The number of aryl methyl sites for hydroxylation is 2. The Kier molecular flexibility index (Phi) is 4.60. The highest BCUT2D eigenvalue weighted by Gasteiger charge is 2.18. The van der Waals surface area contributed by atoms with Crippen LogP contribution in [0.1, 0.15) is 47.3 Å². The van der Waals surface area contributed by atoms with E-state index in [-0.39, 0.29) is 5.91 Å². The zero-order chi connectivity index (χ0) is 16.2. The number of carbonyl (C=O) groups excluding carboxylic acids is 1. The average Bonchev–Trinajstić information content (AvgIpc) is 3.03. The molecule has 2 aromatic rings. The topological polar surface area (TPSA) is 54.0 Å². The quantitative estimate of drug-likeness (QED) is 0.893. The molecular weight excluding hydrogens is 286 g/mol. The molecule has 4 nitrogen and oxygen atoms in total. The number of hydrogen-bond acceptors (Lipinski definition) is 3. The molecule has 2 N–H and O–H groups in total. The number of benzene rings is 1. The van der Waals surface area contributed by atoms with Gasteiger partial charge in [-0.15, -0.1) is 0 Å². The van der Waals surface area contributed by atoms with E-state index in [2.05, 4.69) is 47.7 Å². The summed E-state index contributed by atoms with van der Waals surface area (Å²) in [5, 5.41) is 6.44. The molecule has 1 saturated carbocycles. The van der Waals surface area contributed by atoms with Gasteiger partial charge in [0.25, 0.3) is 5.91 Å². The highest BCUT2D eigenvalue weighted by atomic mass is 16.1. The lowest BCUT2D eigenvalue weighted by molar-refractivity contribution is 0.0933. The molecule has 3 rings (SSSR count). The first-order valence-electron chi connectivity index (χ1n) is 8.23. The number of amides is 1. The Labute approximate surface area is 137 Å². The van der Waals surface area contributed by atoms with Crippen LogP contribution in [0.2, 0.25) is 0 Å². The molecule has 1 aliphatic carbocycles. The molecule has 0 unspecified atom stereocenters. The molecule has 0 radical (unpaired) electrons. The fourth-order valence-electron chi connectivity index (χ4n) is 3.07. The number of aromatic nitrogens is 1. The van der Waals surface area contributed by atoms with Crippen LogP contribution >= 0.6 is 0 Å². The van der Waals surface area contributed by atoms with Crippen LogP contribution in [-0.4, -0.2) is 16.9 Å². The van der Waals surface area contributed by atoms with Crippen LogP contribution in [0.3, 0.4) is 0 Å². The standard InChI is InChI=1S/C19H23N3O/c1-13-7-8-17(14(2)11-13)21-16-9-10-20-18(12-16)19(23)22-15-5-3-4-6-15/h7-12,15H,3-6H2,1-2H3,(H,20,21)(H,22,23). The van der Waals surface area contributed by atoms with E-state index >= 15 is 0 Å². The van der Waals surface area contributed by atoms with E-state index in [1.807, 2.05) is 12.1 Å². The summed E-state index contributed by atoms with van der Waals surface area (Å²) in [4.78, 5) is 16.5. The van der Waals surface area contributed by atoms with Gasteiger partial charge in [-0.05, 0) is 50.5 Å². The minimum Gasteiger partial charge on any atom is -0.355 e. The van der Waals surface area contributed by atoms with Gasteiger partial charge in [-0.3, -0.25) is 9.78 Å². The summed E-state index contributed by atoms with van der Waals surface area (Å²) in [7, 11) is 0. The van der Waals surface area contributed by atoms with E-state index in [9.17, 15) is 4.79 Å². The van der Waals surface area contributed by atoms with Crippen molar-refractivity contribution in [3.63, 3.8) is 0 Å². The molecule has 1 amide bonds. The lowest BCUT2D eigenvalue weighted by Gasteiger charge is -2.13. The summed E-state index contributed by atoms with van der Waals surface area (Å²) in [6.45, 7) is 4.15. The van der Waals surface area contributed by atoms with Gasteiger partial charge in [0.05, 0.1) is 0 Å². The molecular formula is C19H23N3O. The molecule has 1 fully saturated rings. The van der Waals surface area contributed by atoms with Gasteiger partial charge in [-0.25, -0.2) is 0 Å². The molecule has 0 aliphatic heterocycles. The first-order valence-corrected chi connectivity index (χ1v) is 8.23. The van der Waals surface area contributed by atoms with Crippen LogP contribution < -0.4 is 10.6 Å². The van der Waals surface area contributed by atoms with Crippen molar-refractivity contribution in [2.75, 3.05) is 5.32 Å². The van der Waals surface area contributed by atoms with Crippen molar-refractivity contribution in [2.45, 2.75) is 45.6 Å². The van der Waals surface area contributed by atoms with Gasteiger partial charge in [-0.1, -0.05) is 30.5 Å². The molecule has 0 bridgehead atoms. The lowest BCUT2D eigenvalue weighted by Crippen LogP contribution is -2.33. The zero-order valence-electron chi connectivity index (χ0n) is 13.7. The van der Waals surface area contributed by atoms with Gasteiger partial charge in [0.2, 0.25) is 0 Å². The van der Waals surface area contributed by atoms with Gasteiger partial charge in [0, 0.05) is 23.6 Å². The number of anilines is 2. The van der Waals surface area contributed by atoms with Crippen LogP contribution in [0.5, 0.6) is 0 Å². The smallest absolute Gasteiger partial charge is 0.270 e. The second-order valence-electron chi connectivity index (χ2n) is 6.33. The predicted molar refractivity (Wildman–Crippen MR) is 93.2 cm³/mol. The van der Waals surface area contributed by atoms with Crippen molar-refractivity contribution >= 4 is 17.3 Å². The summed E-state index contributed by atoms with van der Waals surface area (Å²) < 4.78 is 0. The molecule has 120 valence electrons. The maximum Gasteiger partial charge on any atom is 0.270 e. The molecule has 1 aromatic heterocycles. The third-order valence-corrected chi connectivity index (χ3v) is 4.34. The number of nitrogens with one attached hydrogen (secondary N) is 2. The Morgan fingerprint density at radius 2 is 1.91 bits per heavy atom. The average molecular weight is 309 g/mol. The number of nitrogens with zero attached hydrogens (tertiary/aromatic N) is 1. The Balaban J connectivity index is 1.72. The van der Waals surface area contributed by atoms with Crippen LogP contribution in [0, 0.1) is 13.8 Å². The van der Waals surface area contributed by atoms with Crippen LogP contribution in [0.25, 0.3) is 0 Å². The SMILES string of the molecule is Cc1ccc(Nc2ccnc(C(=O)NC3CCCC3)c2)c(C)c1. The van der Waals surface area contributed by atoms with Crippen molar-refractivity contribution in [2.24, 2.45) is 0 Å². The van der Waals surface area contributed by atoms with E-state index in [0.29, 0.717) is 11.7 Å². The highest BCUT2D eigenvalue weighted by molar-refractivity contribution is 5.93. The lowest BCUT2D eigenvalue weighted by atomic mass is 10.1. The van der Waals surface area contributed by atoms with Crippen molar-refractivity contribution in [1.82, 2.24) is 10.3 Å². The largest absolute Gasteiger partial charge is 0.355 e. The van der Waals surface area contributed by atoms with E-state index in [0.717, 1.165) is 24.2 Å². The minimum atomic E-state index is -0.0822. The third kappa shape index (κ3) is 3.89. The van der Waals surface area contributed by atoms with Gasteiger partial charge < -0.3 is 10.6 Å². The van der Waals surface area contributed by atoms with Crippen molar-refractivity contribution in [1.29, 1.82) is 0 Å². The maximum atomic E-state index is 12.3. The monoisotopic (exact) mass is 309 g/mol. The molecule has 1 aliphatic rings. The van der Waals surface area contributed by atoms with Gasteiger partial charge >= 0.3 is 0 Å². The van der Waals surface area contributed by atoms with Crippen LogP contribution in [0.4, 0.5) is 11.4 Å². The number of carbonyl (C=O) groups is 1. The Bertz CT molecular complexity index is 706. The molecule has 1 heterocycles. The number of pyridine rings is 1. The molecule has 0 saturated heterocycles. The summed E-state index contributed by atoms with van der Waals surface area (Å²) in [6.07, 6.45) is 6.23. The molecule has 4 heteroatoms. The first-order chi connectivity index (χ1) is 11.1. The Morgan fingerprint density at radius 1 is 1.13 bits per heavy atom. The highest BCUT2D eigenvalue weighted by Crippen LogP contribution is 2.22. The number of hydrogen-bond donors (Lipinski definition) is 2. The maximum absolute atomic E-state index is 12.3. The molecule has 23 heavy (non-hydrogen) atoms. The van der Waals surface area contributed by atoms with E-state index in [4.69, 9.17) is 0 Å². The van der Waals surface area contributed by atoms with Crippen LogP contribution in [-0.2, 0) is 0 Å². The fourth-order valence-corrected chi connectivity index (χ4v) is 3.07. The molecule has 0 spiro atoms.